The number of hydrogen-bond donors (Lipinski definition) is 0. The number of benzene rings is 1. The van der Waals surface area contributed by atoms with Gasteiger partial charge in [0.25, 0.3) is 0 Å². The van der Waals surface area contributed by atoms with Crippen LogP contribution in [0.25, 0.3) is 10.7 Å². The lowest BCUT2D eigenvalue weighted by Gasteiger charge is -2.23. The van der Waals surface area contributed by atoms with Crippen molar-refractivity contribution >= 4 is 33.0 Å². The summed E-state index contributed by atoms with van der Waals surface area (Å²) in [5.74, 6) is 1.40. The molecule has 9 nitrogen and oxygen atoms in total. The number of amides is 1. The number of aromatic nitrogens is 2. The molecule has 32 heavy (non-hydrogen) atoms. The minimum Gasteiger partial charge on any atom is -0.497 e. The second kappa shape index (κ2) is 10.6. The molecule has 0 radical (unpaired) electrons. The zero-order valence-electron chi connectivity index (χ0n) is 18.2. The maximum Gasteiger partial charge on any atom is 0.246 e. The fourth-order valence-corrected chi connectivity index (χ4v) is 4.75. The Morgan fingerprint density at radius 1 is 1.22 bits per heavy atom. The van der Waals surface area contributed by atoms with Gasteiger partial charge in [-0.25, -0.2) is 8.42 Å². The van der Waals surface area contributed by atoms with Crippen LogP contribution in [0.3, 0.4) is 0 Å². The molecule has 0 aliphatic carbocycles. The van der Waals surface area contributed by atoms with Crippen molar-refractivity contribution < 1.29 is 22.5 Å². The molecule has 1 amide bonds. The molecule has 1 aromatic carbocycles. The molecule has 2 aromatic heterocycles. The Morgan fingerprint density at radius 2 is 1.97 bits per heavy atom. The lowest BCUT2D eigenvalue weighted by molar-refractivity contribution is -0.132. The van der Waals surface area contributed by atoms with E-state index in [1.165, 1.54) is 15.6 Å². The van der Waals surface area contributed by atoms with Gasteiger partial charge in [0.2, 0.25) is 27.6 Å². The van der Waals surface area contributed by atoms with E-state index in [2.05, 4.69) is 10.1 Å². The molecule has 11 heteroatoms. The SMILES string of the molecule is CCN(Cc1nc(-c2cccs2)no1)C(=O)CCCN(c1ccc(OC)cc1)S(C)(=O)=O. The van der Waals surface area contributed by atoms with Gasteiger partial charge < -0.3 is 14.2 Å². The molecule has 2 heterocycles. The maximum atomic E-state index is 12.7. The largest absolute Gasteiger partial charge is 0.497 e. The number of anilines is 1. The quantitative estimate of drug-likeness (QED) is 0.416. The number of carbonyl (C=O) groups excluding carboxylic acids is 1. The Hall–Kier alpha value is -2.92. The topological polar surface area (TPSA) is 106 Å². The van der Waals surface area contributed by atoms with E-state index in [4.69, 9.17) is 9.26 Å². The van der Waals surface area contributed by atoms with Crippen LogP contribution in [0.2, 0.25) is 0 Å². The first-order valence-corrected chi connectivity index (χ1v) is 12.8. The second-order valence-electron chi connectivity index (χ2n) is 7.03. The summed E-state index contributed by atoms with van der Waals surface area (Å²) in [6.45, 7) is 2.75. The predicted molar refractivity (Wildman–Crippen MR) is 123 cm³/mol. The molecule has 0 fully saturated rings. The van der Waals surface area contributed by atoms with E-state index < -0.39 is 10.0 Å². The zero-order valence-corrected chi connectivity index (χ0v) is 19.9. The van der Waals surface area contributed by atoms with Crippen LogP contribution >= 0.6 is 11.3 Å². The number of thiophene rings is 1. The molecular weight excluding hydrogens is 452 g/mol. The van der Waals surface area contributed by atoms with Crippen molar-refractivity contribution in [1.29, 1.82) is 0 Å². The van der Waals surface area contributed by atoms with Gasteiger partial charge in [-0.15, -0.1) is 11.3 Å². The van der Waals surface area contributed by atoms with E-state index >= 15 is 0 Å². The summed E-state index contributed by atoms with van der Waals surface area (Å²) < 4.78 is 36.2. The summed E-state index contributed by atoms with van der Waals surface area (Å²) in [6, 6.07) is 10.6. The number of rotatable bonds is 11. The fourth-order valence-electron chi connectivity index (χ4n) is 3.13. The van der Waals surface area contributed by atoms with Gasteiger partial charge >= 0.3 is 0 Å². The average Bonchev–Trinajstić information content (AvgIpc) is 3.46. The van der Waals surface area contributed by atoms with Crippen molar-refractivity contribution in [2.24, 2.45) is 0 Å². The Balaban J connectivity index is 1.58. The van der Waals surface area contributed by atoms with Crippen LogP contribution in [-0.4, -0.2) is 55.8 Å². The highest BCUT2D eigenvalue weighted by molar-refractivity contribution is 7.92. The molecule has 172 valence electrons. The van der Waals surface area contributed by atoms with Gasteiger partial charge in [-0.1, -0.05) is 11.2 Å². The average molecular weight is 479 g/mol. The molecular formula is C21H26N4O5S2. The van der Waals surface area contributed by atoms with Crippen LogP contribution in [0.5, 0.6) is 5.75 Å². The van der Waals surface area contributed by atoms with Crippen molar-refractivity contribution in [1.82, 2.24) is 15.0 Å². The summed E-state index contributed by atoms with van der Waals surface area (Å²) in [7, 11) is -1.95. The maximum absolute atomic E-state index is 12.7. The predicted octanol–water partition coefficient (Wildman–Crippen LogP) is 3.40. The van der Waals surface area contributed by atoms with Gasteiger partial charge in [-0.2, -0.15) is 4.98 Å². The van der Waals surface area contributed by atoms with Crippen molar-refractivity contribution in [2.75, 3.05) is 30.8 Å². The first-order chi connectivity index (χ1) is 15.3. The van der Waals surface area contributed by atoms with Gasteiger partial charge in [-0.05, 0) is 49.1 Å². The van der Waals surface area contributed by atoms with Gasteiger partial charge in [-0.3, -0.25) is 9.10 Å². The molecule has 3 rings (SSSR count). The third kappa shape index (κ3) is 6.07. The van der Waals surface area contributed by atoms with Crippen LogP contribution in [0.1, 0.15) is 25.7 Å². The molecule has 0 bridgehead atoms. The highest BCUT2D eigenvalue weighted by Crippen LogP contribution is 2.23. The lowest BCUT2D eigenvalue weighted by Crippen LogP contribution is -2.33. The second-order valence-corrected chi connectivity index (χ2v) is 9.89. The molecule has 0 aliphatic heterocycles. The van der Waals surface area contributed by atoms with E-state index in [1.54, 1.807) is 36.3 Å². The molecule has 0 N–H and O–H groups in total. The van der Waals surface area contributed by atoms with Crippen molar-refractivity contribution in [3.63, 3.8) is 0 Å². The van der Waals surface area contributed by atoms with Crippen molar-refractivity contribution in [3.8, 4) is 16.5 Å². The Labute approximate surface area is 191 Å². The highest BCUT2D eigenvalue weighted by Gasteiger charge is 2.20. The number of sulfonamides is 1. The van der Waals surface area contributed by atoms with E-state index in [9.17, 15) is 13.2 Å². The van der Waals surface area contributed by atoms with E-state index in [0.29, 0.717) is 36.1 Å². The van der Waals surface area contributed by atoms with E-state index in [0.717, 1.165) is 11.1 Å². The van der Waals surface area contributed by atoms with Crippen LogP contribution in [0.15, 0.2) is 46.3 Å². The van der Waals surface area contributed by atoms with Crippen LogP contribution < -0.4 is 9.04 Å². The van der Waals surface area contributed by atoms with Crippen molar-refractivity contribution in [2.45, 2.75) is 26.3 Å². The highest BCUT2D eigenvalue weighted by atomic mass is 32.2. The smallest absolute Gasteiger partial charge is 0.246 e. The zero-order chi connectivity index (χ0) is 23.1. The third-order valence-corrected chi connectivity index (χ3v) is 6.84. The molecule has 0 saturated heterocycles. The molecule has 0 atom stereocenters. The molecule has 3 aromatic rings. The number of hydrogen-bond acceptors (Lipinski definition) is 8. The summed E-state index contributed by atoms with van der Waals surface area (Å²) >= 11 is 1.51. The number of carbonyl (C=O) groups is 1. The molecule has 0 aliphatic rings. The minimum absolute atomic E-state index is 0.105. The first kappa shape index (κ1) is 23.7. The van der Waals surface area contributed by atoms with Gasteiger partial charge in [0, 0.05) is 19.5 Å². The Kier molecular flexibility index (Phi) is 7.86. The minimum atomic E-state index is -3.49. The monoisotopic (exact) mass is 478 g/mol. The molecule has 0 saturated carbocycles. The molecule has 0 unspecified atom stereocenters. The van der Waals surface area contributed by atoms with Crippen molar-refractivity contribution in [3.05, 3.63) is 47.7 Å². The first-order valence-electron chi connectivity index (χ1n) is 10.1. The van der Waals surface area contributed by atoms with E-state index in [1.807, 2.05) is 24.4 Å². The summed E-state index contributed by atoms with van der Waals surface area (Å²) in [5.41, 5.74) is 0.528. The van der Waals surface area contributed by atoms with Crippen LogP contribution in [0.4, 0.5) is 5.69 Å². The van der Waals surface area contributed by atoms with E-state index in [-0.39, 0.29) is 25.4 Å². The van der Waals surface area contributed by atoms with Gasteiger partial charge in [0.1, 0.15) is 5.75 Å². The van der Waals surface area contributed by atoms with Crippen LogP contribution in [0, 0.1) is 0 Å². The lowest BCUT2D eigenvalue weighted by atomic mass is 10.2. The van der Waals surface area contributed by atoms with Crippen LogP contribution in [-0.2, 0) is 21.4 Å². The summed E-state index contributed by atoms with van der Waals surface area (Å²) in [5, 5.41) is 5.90. The molecule has 0 spiro atoms. The van der Waals surface area contributed by atoms with Gasteiger partial charge in [0.15, 0.2) is 0 Å². The number of methoxy groups -OCH3 is 1. The fraction of sp³-hybridized carbons (Fsp3) is 0.381. The van der Waals surface area contributed by atoms with Gasteiger partial charge in [0.05, 0.1) is 30.5 Å². The third-order valence-electron chi connectivity index (χ3n) is 4.78. The summed E-state index contributed by atoms with van der Waals surface area (Å²) in [4.78, 5) is 19.6. The standard InChI is InChI=1S/C21H26N4O5S2/c1-4-24(15-19-22-21(23-30-19)18-7-6-14-31-18)20(26)8-5-13-25(32(3,27)28)16-9-11-17(29-2)12-10-16/h6-7,9-12,14H,4-5,8,13,15H2,1-3H3. The summed E-state index contributed by atoms with van der Waals surface area (Å²) in [6.07, 6.45) is 1.72. The normalized spacial score (nSPS) is 11.3. The Bertz CT molecular complexity index is 1110. The Morgan fingerprint density at radius 3 is 2.56 bits per heavy atom. The number of nitrogens with zero attached hydrogens (tertiary/aromatic N) is 4. The number of ether oxygens (including phenoxy) is 1.